The number of methoxy groups -OCH3 is 1. The molecule has 1 aliphatic carbocycles. The van der Waals surface area contributed by atoms with Gasteiger partial charge >= 0.3 is 0 Å². The zero-order chi connectivity index (χ0) is 22.1. The van der Waals surface area contributed by atoms with Crippen molar-refractivity contribution in [2.75, 3.05) is 12.4 Å². The lowest BCUT2D eigenvalue weighted by Crippen LogP contribution is -2.48. The predicted octanol–water partition coefficient (Wildman–Crippen LogP) is 4.86. The largest absolute Gasteiger partial charge is 0.497 e. The average molecular weight is 472 g/mol. The van der Waals surface area contributed by atoms with E-state index in [1.165, 1.54) is 13.8 Å². The van der Waals surface area contributed by atoms with E-state index >= 15 is 0 Å². The lowest BCUT2D eigenvalue weighted by Gasteiger charge is -2.43. The van der Waals surface area contributed by atoms with Gasteiger partial charge in [-0.05, 0) is 62.7 Å². The highest BCUT2D eigenvalue weighted by atomic mass is 79.9. The fourth-order valence-corrected chi connectivity index (χ4v) is 4.63. The van der Waals surface area contributed by atoms with Crippen LogP contribution in [0.4, 0.5) is 5.69 Å². The van der Waals surface area contributed by atoms with Gasteiger partial charge in [-0.2, -0.15) is 0 Å². The number of hydrogen-bond acceptors (Lipinski definition) is 5. The molecule has 0 aromatic heterocycles. The molecule has 5 nitrogen and oxygen atoms in total. The Bertz CT molecular complexity index is 977. The molecule has 0 heterocycles. The van der Waals surface area contributed by atoms with Crippen molar-refractivity contribution in [1.82, 2.24) is 0 Å². The van der Waals surface area contributed by atoms with Crippen molar-refractivity contribution in [3.05, 3.63) is 69.8 Å². The van der Waals surface area contributed by atoms with Gasteiger partial charge in [-0.1, -0.05) is 28.1 Å². The van der Waals surface area contributed by atoms with Gasteiger partial charge in [0.25, 0.3) is 0 Å². The van der Waals surface area contributed by atoms with Crippen LogP contribution in [0.5, 0.6) is 5.75 Å². The quantitative estimate of drug-likeness (QED) is 0.629. The Balaban J connectivity index is 2.18. The van der Waals surface area contributed by atoms with E-state index in [4.69, 9.17) is 4.74 Å². The van der Waals surface area contributed by atoms with Crippen molar-refractivity contribution in [2.24, 2.45) is 5.92 Å². The van der Waals surface area contributed by atoms with Crippen LogP contribution >= 0.6 is 15.9 Å². The Kier molecular flexibility index (Phi) is 6.48. The Morgan fingerprint density at radius 3 is 2.20 bits per heavy atom. The van der Waals surface area contributed by atoms with E-state index in [-0.39, 0.29) is 18.0 Å². The summed E-state index contributed by atoms with van der Waals surface area (Å²) in [6.45, 7) is 4.64. The molecule has 6 heteroatoms. The number of anilines is 1. The molecule has 0 saturated heterocycles. The number of ether oxygens (including phenoxy) is 1. The van der Waals surface area contributed by atoms with Gasteiger partial charge in [-0.3, -0.25) is 9.59 Å². The van der Waals surface area contributed by atoms with Gasteiger partial charge in [0, 0.05) is 33.8 Å². The summed E-state index contributed by atoms with van der Waals surface area (Å²) in [7, 11) is 1.58. The van der Waals surface area contributed by atoms with Crippen LogP contribution in [0.25, 0.3) is 0 Å². The van der Waals surface area contributed by atoms with E-state index in [1.807, 2.05) is 36.4 Å². The Morgan fingerprint density at radius 1 is 1.10 bits per heavy atom. The highest BCUT2D eigenvalue weighted by Gasteiger charge is 2.49. The zero-order valence-electron chi connectivity index (χ0n) is 17.5. The van der Waals surface area contributed by atoms with Crippen molar-refractivity contribution in [3.8, 4) is 5.75 Å². The second kappa shape index (κ2) is 8.74. The van der Waals surface area contributed by atoms with Gasteiger partial charge < -0.3 is 15.2 Å². The van der Waals surface area contributed by atoms with E-state index in [2.05, 4.69) is 21.2 Å². The van der Waals surface area contributed by atoms with Crippen LogP contribution in [0.2, 0.25) is 0 Å². The molecule has 2 N–H and O–H groups in total. The van der Waals surface area contributed by atoms with Gasteiger partial charge in [0.1, 0.15) is 11.5 Å². The fourth-order valence-electron chi connectivity index (χ4n) is 4.37. The highest BCUT2D eigenvalue weighted by molar-refractivity contribution is 9.10. The molecule has 0 spiro atoms. The third kappa shape index (κ3) is 4.50. The maximum Gasteiger partial charge on any atom is 0.158 e. The summed E-state index contributed by atoms with van der Waals surface area (Å²) in [4.78, 5) is 25.5. The van der Waals surface area contributed by atoms with Crippen LogP contribution in [-0.4, -0.2) is 29.4 Å². The molecule has 30 heavy (non-hydrogen) atoms. The normalized spacial score (nSPS) is 23.8. The summed E-state index contributed by atoms with van der Waals surface area (Å²) in [5.41, 5.74) is 1.43. The number of ketones is 2. The van der Waals surface area contributed by atoms with Crippen LogP contribution in [0.15, 0.2) is 64.3 Å². The number of Topliss-reactive ketones (excluding diaryl/α,β-unsaturated/α-hetero) is 2. The molecule has 0 aliphatic heterocycles. The second-order valence-corrected chi connectivity index (χ2v) is 8.87. The molecule has 0 radical (unpaired) electrons. The summed E-state index contributed by atoms with van der Waals surface area (Å²) in [5.74, 6) is -0.894. The molecule has 158 valence electrons. The zero-order valence-corrected chi connectivity index (χ0v) is 19.1. The SMILES string of the molecule is COc1ccc([C@H]2C(C(C)=O)=C(Nc3ccc(Br)cc3)C[C@@](C)(O)[C@@H]2C(C)=O)cc1. The Morgan fingerprint density at radius 2 is 1.70 bits per heavy atom. The second-order valence-electron chi connectivity index (χ2n) is 7.95. The minimum Gasteiger partial charge on any atom is -0.497 e. The van der Waals surface area contributed by atoms with Crippen LogP contribution in [-0.2, 0) is 9.59 Å². The molecular weight excluding hydrogens is 446 g/mol. The first-order valence-electron chi connectivity index (χ1n) is 9.77. The molecule has 2 aromatic rings. The summed E-state index contributed by atoms with van der Waals surface area (Å²) in [6.07, 6.45) is 0.175. The average Bonchev–Trinajstić information content (AvgIpc) is 2.68. The number of benzene rings is 2. The van der Waals surface area contributed by atoms with Crippen LogP contribution in [0.1, 0.15) is 38.7 Å². The van der Waals surface area contributed by atoms with Gasteiger partial charge in [-0.25, -0.2) is 0 Å². The molecule has 0 amide bonds. The van der Waals surface area contributed by atoms with E-state index in [9.17, 15) is 14.7 Å². The molecule has 2 aromatic carbocycles. The first-order chi connectivity index (χ1) is 14.1. The van der Waals surface area contributed by atoms with E-state index < -0.39 is 17.4 Å². The molecule has 0 fully saturated rings. The number of nitrogens with one attached hydrogen (secondary N) is 1. The van der Waals surface area contributed by atoms with Gasteiger partial charge in [0.15, 0.2) is 5.78 Å². The van der Waals surface area contributed by atoms with Gasteiger partial charge in [0.2, 0.25) is 0 Å². The van der Waals surface area contributed by atoms with E-state index in [0.717, 1.165) is 15.7 Å². The number of carbonyl (C=O) groups excluding carboxylic acids is 2. The van der Waals surface area contributed by atoms with Crippen LogP contribution < -0.4 is 10.1 Å². The number of rotatable bonds is 6. The molecule has 3 rings (SSSR count). The topological polar surface area (TPSA) is 75.6 Å². The van der Waals surface area contributed by atoms with Crippen LogP contribution in [0, 0.1) is 5.92 Å². The first-order valence-corrected chi connectivity index (χ1v) is 10.6. The minimum atomic E-state index is -1.31. The van der Waals surface area contributed by atoms with Crippen molar-refractivity contribution in [3.63, 3.8) is 0 Å². The maximum absolute atomic E-state index is 12.8. The minimum absolute atomic E-state index is 0.128. The number of carbonyl (C=O) groups is 2. The molecular formula is C24H26BrNO4. The summed E-state index contributed by atoms with van der Waals surface area (Å²) in [6, 6.07) is 14.9. The molecule has 1 aliphatic rings. The number of hydrogen-bond donors (Lipinski definition) is 2. The number of aliphatic hydroxyl groups is 1. The van der Waals surface area contributed by atoms with Crippen molar-refractivity contribution in [1.29, 1.82) is 0 Å². The fraction of sp³-hybridized carbons (Fsp3) is 0.333. The first kappa shape index (κ1) is 22.2. The third-order valence-corrected chi connectivity index (χ3v) is 6.13. The summed E-state index contributed by atoms with van der Waals surface area (Å²) in [5, 5.41) is 14.6. The standard InChI is InChI=1S/C24H26BrNO4/c1-14(27)21-20(26-18-9-7-17(25)8-10-18)13-24(3,29)23(15(2)28)22(21)16-5-11-19(30-4)12-6-16/h5-12,22-23,26,29H,13H2,1-4H3/t22-,23+,24+/m0/s1. The van der Waals surface area contributed by atoms with E-state index in [0.29, 0.717) is 17.0 Å². The van der Waals surface area contributed by atoms with Gasteiger partial charge in [0.05, 0.1) is 18.6 Å². The Labute approximate surface area is 185 Å². The lowest BCUT2D eigenvalue weighted by atomic mass is 9.64. The van der Waals surface area contributed by atoms with Crippen LogP contribution in [0.3, 0.4) is 0 Å². The summed E-state index contributed by atoms with van der Waals surface area (Å²) < 4.78 is 6.19. The van der Waals surface area contributed by atoms with E-state index in [1.54, 1.807) is 26.2 Å². The van der Waals surface area contributed by atoms with Crippen molar-refractivity contribution < 1.29 is 19.4 Å². The molecule has 0 saturated carbocycles. The lowest BCUT2D eigenvalue weighted by molar-refractivity contribution is -0.131. The number of allylic oxidation sites excluding steroid dienone is 1. The third-order valence-electron chi connectivity index (χ3n) is 5.61. The highest BCUT2D eigenvalue weighted by Crippen LogP contribution is 2.48. The van der Waals surface area contributed by atoms with Crippen molar-refractivity contribution in [2.45, 2.75) is 38.7 Å². The molecule has 3 atom stereocenters. The molecule has 0 unspecified atom stereocenters. The predicted molar refractivity (Wildman–Crippen MR) is 121 cm³/mol. The summed E-state index contributed by atoms with van der Waals surface area (Å²) >= 11 is 3.42. The monoisotopic (exact) mass is 471 g/mol. The maximum atomic E-state index is 12.8. The smallest absolute Gasteiger partial charge is 0.158 e. The van der Waals surface area contributed by atoms with Crippen molar-refractivity contribution >= 4 is 33.2 Å². The number of halogens is 1. The molecule has 0 bridgehead atoms. The van der Waals surface area contributed by atoms with Gasteiger partial charge in [-0.15, -0.1) is 0 Å². The Hall–Kier alpha value is -2.44.